The molecule has 23 heavy (non-hydrogen) atoms. The predicted octanol–water partition coefficient (Wildman–Crippen LogP) is 2.95. The topological polar surface area (TPSA) is 48.9 Å². The fraction of sp³-hybridized carbons (Fsp3) is 0.941. The number of hydrogen-bond donors (Lipinski definition) is 2. The van der Waals surface area contributed by atoms with Crippen molar-refractivity contribution in [2.75, 3.05) is 39.8 Å². The van der Waals surface area contributed by atoms with Gasteiger partial charge in [0, 0.05) is 32.8 Å². The number of guanidine groups is 1. The molecular formula is C17H39IN4O. The molecule has 2 unspecified atom stereocenters. The molecule has 0 saturated heterocycles. The first kappa shape index (κ1) is 25.2. The fourth-order valence-corrected chi connectivity index (χ4v) is 2.60. The Morgan fingerprint density at radius 2 is 1.70 bits per heavy atom. The van der Waals surface area contributed by atoms with Gasteiger partial charge in [-0.3, -0.25) is 9.89 Å². The lowest BCUT2D eigenvalue weighted by Crippen LogP contribution is -2.46. The van der Waals surface area contributed by atoms with Crippen LogP contribution in [0.25, 0.3) is 0 Å². The van der Waals surface area contributed by atoms with Gasteiger partial charge in [0.2, 0.25) is 0 Å². The van der Waals surface area contributed by atoms with Crippen molar-refractivity contribution in [1.82, 2.24) is 15.5 Å². The maximum absolute atomic E-state index is 5.77. The first-order chi connectivity index (χ1) is 10.5. The summed E-state index contributed by atoms with van der Waals surface area (Å²) < 4.78 is 5.77. The van der Waals surface area contributed by atoms with Crippen molar-refractivity contribution < 1.29 is 4.74 Å². The Kier molecular flexibility index (Phi) is 16.9. The molecule has 0 aliphatic carbocycles. The van der Waals surface area contributed by atoms with Gasteiger partial charge < -0.3 is 15.4 Å². The molecule has 0 aromatic rings. The summed E-state index contributed by atoms with van der Waals surface area (Å²) in [5.41, 5.74) is 0. The van der Waals surface area contributed by atoms with E-state index in [9.17, 15) is 0 Å². The molecule has 0 bridgehead atoms. The Balaban J connectivity index is 0. The molecule has 0 radical (unpaired) electrons. The summed E-state index contributed by atoms with van der Waals surface area (Å²) in [7, 11) is 1.82. The molecule has 2 atom stereocenters. The number of hydrogen-bond acceptors (Lipinski definition) is 3. The second-order valence-corrected chi connectivity index (χ2v) is 5.98. The molecular weight excluding hydrogens is 403 g/mol. The molecule has 0 aromatic heterocycles. The molecule has 0 amide bonds. The smallest absolute Gasteiger partial charge is 0.191 e. The quantitative estimate of drug-likeness (QED) is 0.294. The van der Waals surface area contributed by atoms with Gasteiger partial charge in [0.15, 0.2) is 5.96 Å². The van der Waals surface area contributed by atoms with Gasteiger partial charge in [-0.05, 0) is 39.3 Å². The van der Waals surface area contributed by atoms with Crippen molar-refractivity contribution in [2.45, 2.75) is 60.1 Å². The van der Waals surface area contributed by atoms with E-state index >= 15 is 0 Å². The van der Waals surface area contributed by atoms with Crippen molar-refractivity contribution in [1.29, 1.82) is 0 Å². The maximum Gasteiger partial charge on any atom is 0.191 e. The number of halogens is 1. The Morgan fingerprint density at radius 1 is 1.09 bits per heavy atom. The van der Waals surface area contributed by atoms with Crippen LogP contribution in [0.4, 0.5) is 0 Å². The third-order valence-electron chi connectivity index (χ3n) is 4.07. The van der Waals surface area contributed by atoms with Gasteiger partial charge in [-0.25, -0.2) is 0 Å². The van der Waals surface area contributed by atoms with Gasteiger partial charge in [-0.15, -0.1) is 24.0 Å². The van der Waals surface area contributed by atoms with Crippen LogP contribution in [-0.2, 0) is 4.74 Å². The number of aliphatic imine (C=N–C) groups is 1. The summed E-state index contributed by atoms with van der Waals surface area (Å²) in [5.74, 6) is 1.41. The van der Waals surface area contributed by atoms with Crippen molar-refractivity contribution >= 4 is 29.9 Å². The van der Waals surface area contributed by atoms with Crippen LogP contribution >= 0.6 is 24.0 Å². The van der Waals surface area contributed by atoms with E-state index < -0.39 is 0 Å². The Hall–Kier alpha value is -0.0800. The number of rotatable bonds is 11. The van der Waals surface area contributed by atoms with Crippen LogP contribution in [0.1, 0.15) is 48.0 Å². The van der Waals surface area contributed by atoms with Crippen LogP contribution in [0.5, 0.6) is 0 Å². The minimum atomic E-state index is 0. The van der Waals surface area contributed by atoms with Crippen molar-refractivity contribution in [3.63, 3.8) is 0 Å². The zero-order valence-electron chi connectivity index (χ0n) is 16.2. The van der Waals surface area contributed by atoms with E-state index in [-0.39, 0.29) is 24.0 Å². The number of likely N-dealkylation sites (N-methyl/N-ethyl adjacent to an activating group) is 1. The van der Waals surface area contributed by atoms with E-state index in [0.29, 0.717) is 18.1 Å². The summed E-state index contributed by atoms with van der Waals surface area (Å²) in [6, 6.07) is 0.500. The number of ether oxygens (including phenoxy) is 1. The van der Waals surface area contributed by atoms with E-state index in [1.807, 2.05) is 7.05 Å². The van der Waals surface area contributed by atoms with Gasteiger partial charge in [0.1, 0.15) is 0 Å². The molecule has 0 aromatic carbocycles. The second kappa shape index (κ2) is 15.4. The highest BCUT2D eigenvalue weighted by Crippen LogP contribution is 2.09. The van der Waals surface area contributed by atoms with Gasteiger partial charge in [0.25, 0.3) is 0 Å². The van der Waals surface area contributed by atoms with E-state index in [2.05, 4.69) is 62.1 Å². The first-order valence-electron chi connectivity index (χ1n) is 8.80. The lowest BCUT2D eigenvalue weighted by atomic mass is 10.0. The minimum Gasteiger partial charge on any atom is -0.378 e. The largest absolute Gasteiger partial charge is 0.378 e. The molecule has 0 saturated carbocycles. The summed E-state index contributed by atoms with van der Waals surface area (Å²) >= 11 is 0. The lowest BCUT2D eigenvalue weighted by molar-refractivity contribution is 0.0258. The second-order valence-electron chi connectivity index (χ2n) is 5.98. The highest BCUT2D eigenvalue weighted by atomic mass is 127. The zero-order chi connectivity index (χ0) is 17.0. The van der Waals surface area contributed by atoms with E-state index in [1.165, 1.54) is 0 Å². The third-order valence-corrected chi connectivity index (χ3v) is 4.07. The summed E-state index contributed by atoms with van der Waals surface area (Å²) in [6.45, 7) is 17.8. The van der Waals surface area contributed by atoms with Crippen LogP contribution < -0.4 is 10.6 Å². The summed E-state index contributed by atoms with van der Waals surface area (Å²) in [5, 5.41) is 6.79. The highest BCUT2D eigenvalue weighted by Gasteiger charge is 2.13. The molecule has 6 heteroatoms. The van der Waals surface area contributed by atoms with E-state index in [4.69, 9.17) is 4.74 Å². The predicted molar refractivity (Wildman–Crippen MR) is 112 cm³/mol. The molecule has 2 N–H and O–H groups in total. The Labute approximate surface area is 161 Å². The molecule has 0 aliphatic rings. The van der Waals surface area contributed by atoms with Crippen LogP contribution in [0, 0.1) is 5.92 Å². The molecule has 140 valence electrons. The maximum atomic E-state index is 5.77. The number of nitrogens with one attached hydrogen (secondary N) is 2. The third kappa shape index (κ3) is 11.2. The molecule has 0 fully saturated rings. The molecule has 0 rings (SSSR count). The van der Waals surface area contributed by atoms with Gasteiger partial charge >= 0.3 is 0 Å². The van der Waals surface area contributed by atoms with Crippen molar-refractivity contribution in [3.05, 3.63) is 0 Å². The van der Waals surface area contributed by atoms with Crippen LogP contribution in [-0.4, -0.2) is 62.8 Å². The van der Waals surface area contributed by atoms with Crippen molar-refractivity contribution in [3.8, 4) is 0 Å². The lowest BCUT2D eigenvalue weighted by Gasteiger charge is -2.27. The average molecular weight is 442 g/mol. The normalized spacial score (nSPS) is 14.6. The zero-order valence-corrected chi connectivity index (χ0v) is 18.5. The van der Waals surface area contributed by atoms with Crippen LogP contribution in [0.2, 0.25) is 0 Å². The van der Waals surface area contributed by atoms with Crippen LogP contribution in [0.15, 0.2) is 4.99 Å². The Morgan fingerprint density at radius 3 is 2.13 bits per heavy atom. The highest BCUT2D eigenvalue weighted by molar-refractivity contribution is 14.0. The monoisotopic (exact) mass is 442 g/mol. The van der Waals surface area contributed by atoms with E-state index in [1.54, 1.807) is 0 Å². The molecule has 5 nitrogen and oxygen atoms in total. The fourth-order valence-electron chi connectivity index (χ4n) is 2.60. The molecule has 0 heterocycles. The summed E-state index contributed by atoms with van der Waals surface area (Å²) in [4.78, 5) is 6.73. The molecule has 0 aliphatic heterocycles. The van der Waals surface area contributed by atoms with Gasteiger partial charge in [-0.2, -0.15) is 0 Å². The SMILES string of the molecule is CCOC(CCNC(=NC)NCC(C)N(CC)CC)C(C)C.I. The molecule has 0 spiro atoms. The van der Waals surface area contributed by atoms with E-state index in [0.717, 1.165) is 45.2 Å². The average Bonchev–Trinajstić information content (AvgIpc) is 2.50. The van der Waals surface area contributed by atoms with Gasteiger partial charge in [0.05, 0.1) is 6.10 Å². The summed E-state index contributed by atoms with van der Waals surface area (Å²) in [6.07, 6.45) is 1.31. The standard InChI is InChI=1S/C17H38N4O.HI/c1-8-21(9-2)15(6)13-20-17(18-7)19-12-11-16(14(4)5)22-10-3;/h14-16H,8-13H2,1-7H3,(H2,18,19,20);1H. The first-order valence-corrected chi connectivity index (χ1v) is 8.80. The number of nitrogens with zero attached hydrogens (tertiary/aromatic N) is 2. The van der Waals surface area contributed by atoms with Crippen LogP contribution in [0.3, 0.4) is 0 Å². The minimum absolute atomic E-state index is 0. The van der Waals surface area contributed by atoms with Gasteiger partial charge in [-0.1, -0.05) is 27.7 Å². The van der Waals surface area contributed by atoms with Crippen molar-refractivity contribution in [2.24, 2.45) is 10.9 Å². The Bertz CT molecular complexity index is 296.